The van der Waals surface area contributed by atoms with Crippen LogP contribution in [0.5, 0.6) is 0 Å². The van der Waals surface area contributed by atoms with Gasteiger partial charge >= 0.3 is 6.18 Å². The van der Waals surface area contributed by atoms with Crippen molar-refractivity contribution in [3.8, 4) is 6.07 Å². The Morgan fingerprint density at radius 2 is 2.06 bits per heavy atom. The molecule has 2 rings (SSSR count). The van der Waals surface area contributed by atoms with E-state index in [1.54, 1.807) is 0 Å². The van der Waals surface area contributed by atoms with Gasteiger partial charge in [-0.15, -0.1) is 0 Å². The number of hydrogen-bond donors (Lipinski definition) is 0. The average Bonchev–Trinajstić information content (AvgIpc) is 2.73. The Bertz CT molecular complexity index is 531. The number of hydrogen-bond acceptors (Lipinski definition) is 2. The van der Waals surface area contributed by atoms with Crippen LogP contribution in [-0.4, -0.2) is 12.5 Å². The molecular weight excluding hydrogens is 245 g/mol. The Labute approximate surface area is 101 Å². The van der Waals surface area contributed by atoms with Crippen LogP contribution in [0.3, 0.4) is 0 Å². The largest absolute Gasteiger partial charge is 0.416 e. The molecule has 1 amide bonds. The number of alkyl halides is 3. The Morgan fingerprint density at radius 3 is 2.56 bits per heavy atom. The minimum atomic E-state index is -4.48. The van der Waals surface area contributed by atoms with Gasteiger partial charge in [-0.1, -0.05) is 0 Å². The number of amides is 1. The van der Waals surface area contributed by atoms with E-state index in [0.717, 1.165) is 18.2 Å². The summed E-state index contributed by atoms with van der Waals surface area (Å²) in [5.74, 6) is -0.245. The molecule has 0 radical (unpaired) electrons. The van der Waals surface area contributed by atoms with Crippen molar-refractivity contribution in [3.63, 3.8) is 0 Å². The molecule has 0 N–H and O–H groups in total. The molecule has 6 heteroatoms. The smallest absolute Gasteiger partial charge is 0.311 e. The lowest BCUT2D eigenvalue weighted by molar-refractivity contribution is -0.137. The Balaban J connectivity index is 2.50. The summed E-state index contributed by atoms with van der Waals surface area (Å²) in [5.41, 5.74) is -0.718. The molecule has 0 atom stereocenters. The van der Waals surface area contributed by atoms with Crippen molar-refractivity contribution in [2.45, 2.75) is 19.0 Å². The highest BCUT2D eigenvalue weighted by molar-refractivity contribution is 5.96. The molecule has 0 bridgehead atoms. The normalized spacial score (nSPS) is 15.9. The molecule has 1 saturated heterocycles. The van der Waals surface area contributed by atoms with Crippen LogP contribution in [0.25, 0.3) is 0 Å². The predicted molar refractivity (Wildman–Crippen MR) is 57.7 cm³/mol. The van der Waals surface area contributed by atoms with Crippen LogP contribution in [0.1, 0.15) is 24.0 Å². The highest BCUT2D eigenvalue weighted by atomic mass is 19.4. The first-order valence-corrected chi connectivity index (χ1v) is 5.35. The summed E-state index contributed by atoms with van der Waals surface area (Å²) in [4.78, 5) is 12.8. The van der Waals surface area contributed by atoms with Crippen molar-refractivity contribution in [2.24, 2.45) is 0 Å². The molecule has 94 valence electrons. The van der Waals surface area contributed by atoms with Crippen molar-refractivity contribution in [3.05, 3.63) is 29.3 Å². The minimum Gasteiger partial charge on any atom is -0.311 e. The van der Waals surface area contributed by atoms with E-state index in [2.05, 4.69) is 0 Å². The first kappa shape index (κ1) is 12.4. The van der Waals surface area contributed by atoms with Gasteiger partial charge in [-0.05, 0) is 24.6 Å². The van der Waals surface area contributed by atoms with Crippen molar-refractivity contribution in [1.29, 1.82) is 5.26 Å². The SMILES string of the molecule is N#Cc1ccc(C(F)(F)F)cc1N1CCCC1=O. The molecule has 1 heterocycles. The number of nitrogens with zero attached hydrogens (tertiary/aromatic N) is 2. The Kier molecular flexibility index (Phi) is 2.99. The fourth-order valence-corrected chi connectivity index (χ4v) is 1.93. The molecule has 0 aliphatic carbocycles. The quantitative estimate of drug-likeness (QED) is 0.773. The molecule has 0 aromatic heterocycles. The maximum atomic E-state index is 12.6. The number of rotatable bonds is 1. The van der Waals surface area contributed by atoms with Gasteiger partial charge < -0.3 is 4.90 Å². The van der Waals surface area contributed by atoms with Gasteiger partial charge in [0.2, 0.25) is 5.91 Å². The average molecular weight is 254 g/mol. The van der Waals surface area contributed by atoms with E-state index in [1.165, 1.54) is 4.90 Å². The first-order valence-electron chi connectivity index (χ1n) is 5.35. The van der Waals surface area contributed by atoms with E-state index in [4.69, 9.17) is 5.26 Å². The lowest BCUT2D eigenvalue weighted by Crippen LogP contribution is -2.25. The van der Waals surface area contributed by atoms with Crippen LogP contribution >= 0.6 is 0 Å². The summed E-state index contributed by atoms with van der Waals surface area (Å²) in [6, 6.07) is 4.62. The second-order valence-electron chi connectivity index (χ2n) is 3.99. The highest BCUT2D eigenvalue weighted by Gasteiger charge is 2.33. The zero-order valence-electron chi connectivity index (χ0n) is 9.29. The van der Waals surface area contributed by atoms with Gasteiger partial charge in [0, 0.05) is 13.0 Å². The molecule has 1 aliphatic heterocycles. The molecule has 0 saturated carbocycles. The van der Waals surface area contributed by atoms with E-state index in [-0.39, 0.29) is 17.2 Å². The fourth-order valence-electron chi connectivity index (χ4n) is 1.93. The summed E-state index contributed by atoms with van der Waals surface area (Å²) in [5, 5.41) is 8.89. The van der Waals surface area contributed by atoms with Gasteiger partial charge in [0.25, 0.3) is 0 Å². The van der Waals surface area contributed by atoms with Gasteiger partial charge in [0.1, 0.15) is 6.07 Å². The monoisotopic (exact) mass is 254 g/mol. The van der Waals surface area contributed by atoms with E-state index >= 15 is 0 Å². The van der Waals surface area contributed by atoms with E-state index in [1.807, 2.05) is 6.07 Å². The third-order valence-corrected chi connectivity index (χ3v) is 2.81. The molecule has 1 aromatic carbocycles. The molecule has 1 aromatic rings. The number of carbonyl (C=O) groups excluding carboxylic acids is 1. The molecular formula is C12H9F3N2O. The third-order valence-electron chi connectivity index (χ3n) is 2.81. The predicted octanol–water partition coefficient (Wildman–Crippen LogP) is 2.70. The van der Waals surface area contributed by atoms with Crippen molar-refractivity contribution in [2.75, 3.05) is 11.4 Å². The lowest BCUT2D eigenvalue weighted by atomic mass is 10.1. The highest BCUT2D eigenvalue weighted by Crippen LogP contribution is 2.34. The number of nitriles is 1. The standard InChI is InChI=1S/C12H9F3N2O/c13-12(14,15)9-4-3-8(7-16)10(6-9)17-5-1-2-11(17)18/h3-4,6H,1-2,5H2. The van der Waals surface area contributed by atoms with Crippen molar-refractivity contribution >= 4 is 11.6 Å². The third kappa shape index (κ3) is 2.16. The van der Waals surface area contributed by atoms with Crippen molar-refractivity contribution in [1.82, 2.24) is 0 Å². The Morgan fingerprint density at radius 1 is 1.33 bits per heavy atom. The van der Waals surface area contributed by atoms with Gasteiger partial charge in [0.15, 0.2) is 0 Å². The maximum absolute atomic E-state index is 12.6. The van der Waals surface area contributed by atoms with Crippen LogP contribution in [0.2, 0.25) is 0 Å². The molecule has 0 unspecified atom stereocenters. The molecule has 18 heavy (non-hydrogen) atoms. The summed E-state index contributed by atoms with van der Waals surface area (Å²) < 4.78 is 37.8. The van der Waals surface area contributed by atoms with Gasteiger partial charge in [0.05, 0.1) is 16.8 Å². The van der Waals surface area contributed by atoms with Gasteiger partial charge in [-0.3, -0.25) is 4.79 Å². The zero-order chi connectivity index (χ0) is 13.3. The molecule has 0 spiro atoms. The van der Waals surface area contributed by atoms with Crippen molar-refractivity contribution < 1.29 is 18.0 Å². The van der Waals surface area contributed by atoms with Gasteiger partial charge in [-0.25, -0.2) is 0 Å². The second kappa shape index (κ2) is 4.33. The van der Waals surface area contributed by atoms with Crippen LogP contribution in [0.15, 0.2) is 18.2 Å². The van der Waals surface area contributed by atoms with Crippen LogP contribution in [0, 0.1) is 11.3 Å². The fraction of sp³-hybridized carbons (Fsp3) is 0.333. The zero-order valence-corrected chi connectivity index (χ0v) is 9.29. The summed E-state index contributed by atoms with van der Waals surface area (Å²) in [7, 11) is 0. The van der Waals surface area contributed by atoms with Gasteiger partial charge in [-0.2, -0.15) is 18.4 Å². The number of halogens is 3. The second-order valence-corrected chi connectivity index (χ2v) is 3.99. The van der Waals surface area contributed by atoms with E-state index in [9.17, 15) is 18.0 Å². The summed E-state index contributed by atoms with van der Waals surface area (Å²) in [6.45, 7) is 0.356. The summed E-state index contributed by atoms with van der Waals surface area (Å²) >= 11 is 0. The molecule has 3 nitrogen and oxygen atoms in total. The van der Waals surface area contributed by atoms with E-state index in [0.29, 0.717) is 19.4 Å². The maximum Gasteiger partial charge on any atom is 0.416 e. The molecule has 1 aliphatic rings. The minimum absolute atomic E-state index is 0.0508. The first-order chi connectivity index (χ1) is 8.43. The van der Waals surface area contributed by atoms with Crippen LogP contribution in [0.4, 0.5) is 18.9 Å². The number of benzene rings is 1. The number of anilines is 1. The van der Waals surface area contributed by atoms with E-state index < -0.39 is 11.7 Å². The summed E-state index contributed by atoms with van der Waals surface area (Å²) in [6.07, 6.45) is -3.58. The molecule has 1 fully saturated rings. The topological polar surface area (TPSA) is 44.1 Å². The number of carbonyl (C=O) groups is 1. The van der Waals surface area contributed by atoms with Crippen LogP contribution < -0.4 is 4.90 Å². The lowest BCUT2D eigenvalue weighted by Gasteiger charge is -2.18. The van der Waals surface area contributed by atoms with Crippen LogP contribution in [-0.2, 0) is 11.0 Å². The Hall–Kier alpha value is -2.03.